The highest BCUT2D eigenvalue weighted by Crippen LogP contribution is 2.38. The number of fused-ring (bicyclic) bond motifs is 1. The fraction of sp³-hybridized carbons (Fsp3) is 0.286. The Balaban J connectivity index is 1.91. The first-order valence-electron chi connectivity index (χ1n) is 9.25. The quantitative estimate of drug-likeness (QED) is 0.678. The molecule has 166 valence electrons. The van der Waals surface area contributed by atoms with Gasteiger partial charge in [0.25, 0.3) is 10.0 Å². The number of ether oxygens (including phenoxy) is 1. The SMILES string of the molecule is C=CCN1C(=O)C(C)(C)COc2cc(NS(=O)(=O)c3ccc(C(F)(F)F)cc3)ccc21. The highest BCUT2D eigenvalue weighted by Gasteiger charge is 2.37. The van der Waals surface area contributed by atoms with Crippen molar-refractivity contribution in [2.45, 2.75) is 24.9 Å². The van der Waals surface area contributed by atoms with Crippen LogP contribution in [-0.4, -0.2) is 27.5 Å². The molecule has 0 atom stereocenters. The molecule has 10 heteroatoms. The summed E-state index contributed by atoms with van der Waals surface area (Å²) in [6, 6.07) is 7.61. The van der Waals surface area contributed by atoms with Crippen molar-refractivity contribution in [1.29, 1.82) is 0 Å². The van der Waals surface area contributed by atoms with Gasteiger partial charge in [-0.2, -0.15) is 13.2 Å². The summed E-state index contributed by atoms with van der Waals surface area (Å²) in [5.74, 6) is 0.137. The van der Waals surface area contributed by atoms with Crippen molar-refractivity contribution in [3.63, 3.8) is 0 Å². The number of benzene rings is 2. The molecule has 0 saturated heterocycles. The van der Waals surface area contributed by atoms with E-state index in [0.717, 1.165) is 12.1 Å². The number of carbonyl (C=O) groups excluding carboxylic acids is 1. The van der Waals surface area contributed by atoms with Crippen LogP contribution < -0.4 is 14.4 Å². The molecule has 2 aromatic carbocycles. The maximum atomic E-state index is 12.8. The van der Waals surface area contributed by atoms with E-state index in [1.54, 1.807) is 26.0 Å². The summed E-state index contributed by atoms with van der Waals surface area (Å²) in [6.45, 7) is 7.48. The van der Waals surface area contributed by atoms with Gasteiger partial charge in [0.1, 0.15) is 12.4 Å². The highest BCUT2D eigenvalue weighted by atomic mass is 32.2. The minimum atomic E-state index is -4.56. The molecule has 0 aliphatic carbocycles. The third kappa shape index (κ3) is 4.68. The summed E-state index contributed by atoms with van der Waals surface area (Å²) in [6.07, 6.45) is -2.99. The maximum absolute atomic E-state index is 12.8. The van der Waals surface area contributed by atoms with Gasteiger partial charge >= 0.3 is 6.18 Å². The van der Waals surface area contributed by atoms with Gasteiger partial charge in [-0.1, -0.05) is 6.08 Å². The van der Waals surface area contributed by atoms with Gasteiger partial charge in [-0.3, -0.25) is 9.52 Å². The van der Waals surface area contributed by atoms with Crippen LogP contribution in [0.15, 0.2) is 60.0 Å². The summed E-state index contributed by atoms with van der Waals surface area (Å²) < 4.78 is 71.5. The first-order valence-corrected chi connectivity index (χ1v) is 10.7. The Labute approximate surface area is 178 Å². The molecular formula is C21H21F3N2O4S. The van der Waals surface area contributed by atoms with Gasteiger partial charge in [0.05, 0.1) is 27.2 Å². The van der Waals surface area contributed by atoms with Gasteiger partial charge in [0.2, 0.25) is 5.91 Å². The molecule has 0 unspecified atom stereocenters. The van der Waals surface area contributed by atoms with Crippen LogP contribution in [0.5, 0.6) is 5.75 Å². The minimum Gasteiger partial charge on any atom is -0.490 e. The summed E-state index contributed by atoms with van der Waals surface area (Å²) >= 11 is 0. The van der Waals surface area contributed by atoms with Crippen molar-refractivity contribution >= 4 is 27.3 Å². The molecule has 0 bridgehead atoms. The zero-order valence-electron chi connectivity index (χ0n) is 16.9. The molecule has 0 fully saturated rings. The molecule has 0 aromatic heterocycles. The second-order valence-electron chi connectivity index (χ2n) is 7.69. The first kappa shape index (κ1) is 22.7. The van der Waals surface area contributed by atoms with E-state index in [2.05, 4.69) is 11.3 Å². The lowest BCUT2D eigenvalue weighted by Gasteiger charge is -2.27. The number of halogens is 3. The van der Waals surface area contributed by atoms with E-state index in [1.807, 2.05) is 0 Å². The lowest BCUT2D eigenvalue weighted by molar-refractivity contribution is -0.137. The Morgan fingerprint density at radius 3 is 2.42 bits per heavy atom. The number of hydrogen-bond donors (Lipinski definition) is 1. The van der Waals surface area contributed by atoms with Crippen LogP contribution >= 0.6 is 0 Å². The van der Waals surface area contributed by atoms with Crippen molar-refractivity contribution in [3.05, 3.63) is 60.7 Å². The zero-order valence-corrected chi connectivity index (χ0v) is 17.7. The number of rotatable bonds is 5. The van der Waals surface area contributed by atoms with E-state index in [9.17, 15) is 26.4 Å². The highest BCUT2D eigenvalue weighted by molar-refractivity contribution is 7.92. The minimum absolute atomic E-state index is 0.0849. The van der Waals surface area contributed by atoms with Crippen LogP contribution in [0.25, 0.3) is 0 Å². The van der Waals surface area contributed by atoms with Gasteiger partial charge in [0, 0.05) is 12.6 Å². The molecule has 1 aliphatic heterocycles. The summed E-state index contributed by atoms with van der Waals surface area (Å²) in [5, 5.41) is 0. The summed E-state index contributed by atoms with van der Waals surface area (Å²) in [5.41, 5.74) is -1.14. The molecule has 1 heterocycles. The zero-order chi connectivity index (χ0) is 23.0. The number of sulfonamides is 1. The van der Waals surface area contributed by atoms with Gasteiger partial charge < -0.3 is 9.64 Å². The van der Waals surface area contributed by atoms with E-state index in [0.29, 0.717) is 23.6 Å². The van der Waals surface area contributed by atoms with Crippen molar-refractivity contribution in [3.8, 4) is 5.75 Å². The molecule has 3 rings (SSSR count). The van der Waals surface area contributed by atoms with E-state index >= 15 is 0 Å². The lowest BCUT2D eigenvalue weighted by Crippen LogP contribution is -2.42. The Hall–Kier alpha value is -3.01. The predicted molar refractivity (Wildman–Crippen MR) is 111 cm³/mol. The van der Waals surface area contributed by atoms with Gasteiger partial charge in [0.15, 0.2) is 0 Å². The second-order valence-corrected chi connectivity index (χ2v) is 9.37. The van der Waals surface area contributed by atoms with E-state index in [1.165, 1.54) is 17.0 Å². The first-order chi connectivity index (χ1) is 14.3. The van der Waals surface area contributed by atoms with Gasteiger partial charge in [-0.05, 0) is 50.2 Å². The fourth-order valence-electron chi connectivity index (χ4n) is 3.06. The third-order valence-corrected chi connectivity index (χ3v) is 6.12. The number of alkyl halides is 3. The largest absolute Gasteiger partial charge is 0.490 e. The van der Waals surface area contributed by atoms with Crippen molar-refractivity contribution in [2.24, 2.45) is 5.41 Å². The molecule has 1 N–H and O–H groups in total. The van der Waals surface area contributed by atoms with E-state index in [4.69, 9.17) is 4.74 Å². The number of hydrogen-bond acceptors (Lipinski definition) is 4. The van der Waals surface area contributed by atoms with Crippen molar-refractivity contribution < 1.29 is 31.1 Å². The third-order valence-electron chi connectivity index (χ3n) is 4.72. The summed E-state index contributed by atoms with van der Waals surface area (Å²) in [7, 11) is -4.14. The Morgan fingerprint density at radius 2 is 1.84 bits per heavy atom. The van der Waals surface area contributed by atoms with E-state index < -0.39 is 27.2 Å². The molecule has 0 saturated carbocycles. The smallest absolute Gasteiger partial charge is 0.416 e. The maximum Gasteiger partial charge on any atom is 0.416 e. The van der Waals surface area contributed by atoms with Crippen molar-refractivity contribution in [2.75, 3.05) is 22.8 Å². The topological polar surface area (TPSA) is 75.7 Å². The van der Waals surface area contributed by atoms with Crippen LogP contribution in [0.3, 0.4) is 0 Å². The molecule has 1 aliphatic rings. The molecule has 0 spiro atoms. The number of nitrogens with one attached hydrogen (secondary N) is 1. The molecule has 1 amide bonds. The predicted octanol–water partition coefficient (Wildman–Crippen LogP) is 4.44. The van der Waals surface area contributed by atoms with Gasteiger partial charge in [-0.25, -0.2) is 8.42 Å². The second kappa shape index (κ2) is 7.92. The number of amides is 1. The number of anilines is 2. The number of nitrogens with zero attached hydrogens (tertiary/aromatic N) is 1. The molecule has 31 heavy (non-hydrogen) atoms. The molecule has 0 radical (unpaired) electrons. The van der Waals surface area contributed by atoms with Crippen molar-refractivity contribution in [1.82, 2.24) is 0 Å². The van der Waals surface area contributed by atoms with Crippen LogP contribution in [0.2, 0.25) is 0 Å². The lowest BCUT2D eigenvalue weighted by atomic mass is 9.93. The van der Waals surface area contributed by atoms with Crippen LogP contribution in [-0.2, 0) is 21.0 Å². The molecule has 6 nitrogen and oxygen atoms in total. The summed E-state index contributed by atoms with van der Waals surface area (Å²) in [4.78, 5) is 14.0. The van der Waals surface area contributed by atoms with Gasteiger partial charge in [-0.15, -0.1) is 6.58 Å². The normalized spacial score (nSPS) is 16.2. The standard InChI is InChI=1S/C21H21F3N2O4S/c1-4-11-26-17-10-7-15(12-18(17)30-13-20(2,3)19(26)27)25-31(28,29)16-8-5-14(6-9-16)21(22,23)24/h4-10,12,25H,1,11,13H2,2-3H3. The van der Waals surface area contributed by atoms with Crippen LogP contribution in [0.4, 0.5) is 24.5 Å². The molecule has 2 aromatic rings. The Kier molecular flexibility index (Phi) is 5.79. The Bertz CT molecular complexity index is 1110. The number of carbonyl (C=O) groups is 1. The van der Waals surface area contributed by atoms with Crippen LogP contribution in [0.1, 0.15) is 19.4 Å². The molecular weight excluding hydrogens is 433 g/mol. The fourth-order valence-corrected chi connectivity index (χ4v) is 4.11. The van der Waals surface area contributed by atoms with E-state index in [-0.39, 0.29) is 29.6 Å². The Morgan fingerprint density at radius 1 is 1.19 bits per heavy atom. The monoisotopic (exact) mass is 454 g/mol. The average molecular weight is 454 g/mol. The van der Waals surface area contributed by atoms with Crippen LogP contribution in [0, 0.1) is 5.41 Å². The average Bonchev–Trinajstić information content (AvgIpc) is 2.78.